The Balaban J connectivity index is 1.90. The minimum absolute atomic E-state index is 0.0587. The maximum absolute atomic E-state index is 12.5. The average Bonchev–Trinajstić information content (AvgIpc) is 3.18. The second-order valence-corrected chi connectivity index (χ2v) is 8.20. The van der Waals surface area contributed by atoms with Crippen LogP contribution in [0.5, 0.6) is 0 Å². The number of amides is 1. The number of ether oxygens (including phenoxy) is 1. The summed E-state index contributed by atoms with van der Waals surface area (Å²) in [6.07, 6.45) is 7.46. The largest absolute Gasteiger partial charge is 0.445 e. The Bertz CT molecular complexity index is 741. The van der Waals surface area contributed by atoms with Crippen LogP contribution >= 0.6 is 23.1 Å². The molecule has 0 bridgehead atoms. The minimum Gasteiger partial charge on any atom is -0.445 e. The number of hydrogen-bond donors (Lipinski definition) is 0. The second-order valence-electron chi connectivity index (χ2n) is 5.69. The molecule has 24 heavy (non-hydrogen) atoms. The average molecular weight is 365 g/mol. The molecule has 128 valence electrons. The van der Waals surface area contributed by atoms with Crippen molar-refractivity contribution in [2.45, 2.75) is 37.6 Å². The third kappa shape index (κ3) is 3.21. The van der Waals surface area contributed by atoms with Crippen LogP contribution in [0.4, 0.5) is 4.79 Å². The lowest BCUT2D eigenvalue weighted by Gasteiger charge is -2.27. The predicted molar refractivity (Wildman–Crippen MR) is 95.3 cm³/mol. The van der Waals surface area contributed by atoms with Gasteiger partial charge in [0.2, 0.25) is 0 Å². The number of hydrogen-bond acceptors (Lipinski definition) is 6. The summed E-state index contributed by atoms with van der Waals surface area (Å²) >= 11 is 2.91. The maximum atomic E-state index is 12.5. The number of nitrogens with zero attached hydrogens (tertiary/aromatic N) is 3. The smallest absolute Gasteiger partial charge is 0.410 e. The Labute approximate surface area is 148 Å². The lowest BCUT2D eigenvalue weighted by Crippen LogP contribution is -2.38. The van der Waals surface area contributed by atoms with Gasteiger partial charge in [-0.15, -0.1) is 11.3 Å². The Morgan fingerprint density at radius 3 is 3.04 bits per heavy atom. The highest BCUT2D eigenvalue weighted by molar-refractivity contribution is 8.14. The van der Waals surface area contributed by atoms with Gasteiger partial charge in [0.15, 0.2) is 5.12 Å². The van der Waals surface area contributed by atoms with E-state index in [9.17, 15) is 9.59 Å². The Hall–Kier alpha value is -1.80. The number of carbonyl (C=O) groups is 2. The van der Waals surface area contributed by atoms with Crippen LogP contribution < -0.4 is 0 Å². The number of carbonyl (C=O) groups excluding carboxylic acids is 2. The first-order chi connectivity index (χ1) is 11.5. The quantitative estimate of drug-likeness (QED) is 0.776. The van der Waals surface area contributed by atoms with Gasteiger partial charge >= 0.3 is 6.09 Å². The zero-order valence-corrected chi connectivity index (χ0v) is 15.2. The lowest BCUT2D eigenvalue weighted by molar-refractivity contribution is -0.109. The summed E-state index contributed by atoms with van der Waals surface area (Å²) < 4.78 is 7.21. The lowest BCUT2D eigenvalue weighted by atomic mass is 10.2. The van der Waals surface area contributed by atoms with E-state index < -0.39 is 0 Å². The number of fused-ring (bicyclic) bond motifs is 1. The van der Waals surface area contributed by atoms with Gasteiger partial charge in [-0.25, -0.2) is 9.78 Å². The SMILES string of the molecule is C=CCOC(=O)N1C(C)[C@@H](SC(C)=O)C[C@H]1c1cn2cncc2s1. The number of thiazole rings is 1. The van der Waals surface area contributed by atoms with Crippen molar-refractivity contribution in [2.75, 3.05) is 6.61 Å². The molecule has 1 saturated heterocycles. The van der Waals surface area contributed by atoms with E-state index in [4.69, 9.17) is 4.74 Å². The van der Waals surface area contributed by atoms with Gasteiger partial charge in [-0.3, -0.25) is 14.1 Å². The molecule has 1 fully saturated rings. The van der Waals surface area contributed by atoms with E-state index in [1.54, 1.807) is 41.8 Å². The van der Waals surface area contributed by atoms with Gasteiger partial charge < -0.3 is 4.74 Å². The van der Waals surface area contributed by atoms with Crippen LogP contribution in [0.1, 0.15) is 31.2 Å². The van der Waals surface area contributed by atoms with Crippen molar-refractivity contribution in [3.05, 3.63) is 36.3 Å². The van der Waals surface area contributed by atoms with E-state index in [2.05, 4.69) is 11.6 Å². The Morgan fingerprint density at radius 2 is 2.38 bits per heavy atom. The summed E-state index contributed by atoms with van der Waals surface area (Å²) in [6, 6.07) is -0.181. The number of aromatic nitrogens is 2. The number of likely N-dealkylation sites (tertiary alicyclic amines) is 1. The molecule has 0 aliphatic carbocycles. The molecule has 1 unspecified atom stereocenters. The van der Waals surface area contributed by atoms with Crippen LogP contribution in [0.2, 0.25) is 0 Å². The molecule has 2 aromatic rings. The third-order valence-corrected chi connectivity index (χ3v) is 6.43. The van der Waals surface area contributed by atoms with Crippen molar-refractivity contribution in [1.29, 1.82) is 0 Å². The first-order valence-corrected chi connectivity index (χ1v) is 9.35. The van der Waals surface area contributed by atoms with Gasteiger partial charge in [0, 0.05) is 29.3 Å². The summed E-state index contributed by atoms with van der Waals surface area (Å²) in [5.41, 5.74) is 0. The molecule has 3 atom stereocenters. The molecule has 1 amide bonds. The van der Waals surface area contributed by atoms with Gasteiger partial charge in [-0.2, -0.15) is 0 Å². The van der Waals surface area contributed by atoms with Crippen LogP contribution in [0, 0.1) is 0 Å². The summed E-state index contributed by atoms with van der Waals surface area (Å²) in [5.74, 6) is 0. The standard InChI is InChI=1S/C16H19N3O3S2/c1-4-5-22-16(21)19-10(2)13(23-11(3)20)6-12(19)14-8-18-9-17-7-15(18)24-14/h4,7-10,12-13H,1,5-6H2,2-3H3/t10?,12-,13-/m0/s1. The third-order valence-electron chi connectivity index (χ3n) is 4.07. The van der Waals surface area contributed by atoms with Gasteiger partial charge in [-0.1, -0.05) is 24.4 Å². The van der Waals surface area contributed by atoms with Crippen LogP contribution in [-0.2, 0) is 9.53 Å². The van der Waals surface area contributed by atoms with Crippen molar-refractivity contribution in [1.82, 2.24) is 14.3 Å². The predicted octanol–water partition coefficient (Wildman–Crippen LogP) is 3.50. The highest BCUT2D eigenvalue weighted by atomic mass is 32.2. The summed E-state index contributed by atoms with van der Waals surface area (Å²) in [4.78, 5) is 32.0. The summed E-state index contributed by atoms with van der Waals surface area (Å²) in [6.45, 7) is 7.29. The van der Waals surface area contributed by atoms with E-state index in [1.807, 2.05) is 17.5 Å². The molecule has 0 radical (unpaired) electrons. The van der Waals surface area contributed by atoms with Crippen LogP contribution in [0.3, 0.4) is 0 Å². The molecular formula is C16H19N3O3S2. The normalized spacial score (nSPS) is 23.6. The van der Waals surface area contributed by atoms with Crippen molar-refractivity contribution >= 4 is 39.1 Å². The molecule has 1 aliphatic heterocycles. The molecule has 3 rings (SSSR count). The van der Waals surface area contributed by atoms with E-state index in [-0.39, 0.29) is 35.1 Å². The van der Waals surface area contributed by atoms with Gasteiger partial charge in [-0.05, 0) is 13.3 Å². The molecule has 8 heteroatoms. The molecule has 0 N–H and O–H groups in total. The zero-order valence-electron chi connectivity index (χ0n) is 13.5. The number of thioether (sulfide) groups is 1. The number of imidazole rings is 1. The van der Waals surface area contributed by atoms with Crippen LogP contribution in [0.15, 0.2) is 31.4 Å². The van der Waals surface area contributed by atoms with Gasteiger partial charge in [0.1, 0.15) is 11.4 Å². The number of rotatable bonds is 4. The summed E-state index contributed by atoms with van der Waals surface area (Å²) in [5, 5.41) is 0.124. The second kappa shape index (κ2) is 6.98. The highest BCUT2D eigenvalue weighted by Crippen LogP contribution is 2.44. The fourth-order valence-corrected chi connectivity index (χ4v) is 5.12. The Morgan fingerprint density at radius 1 is 1.58 bits per heavy atom. The first-order valence-electron chi connectivity index (χ1n) is 7.66. The maximum Gasteiger partial charge on any atom is 0.410 e. The monoisotopic (exact) mass is 365 g/mol. The first kappa shape index (κ1) is 17.0. The molecule has 3 heterocycles. The minimum atomic E-state index is -0.366. The highest BCUT2D eigenvalue weighted by Gasteiger charge is 2.44. The van der Waals surface area contributed by atoms with Crippen molar-refractivity contribution in [3.63, 3.8) is 0 Å². The fourth-order valence-electron chi connectivity index (χ4n) is 3.01. The topological polar surface area (TPSA) is 63.9 Å². The molecular weight excluding hydrogens is 346 g/mol. The summed E-state index contributed by atoms with van der Waals surface area (Å²) in [7, 11) is 0. The molecule has 2 aromatic heterocycles. The van der Waals surface area contributed by atoms with E-state index in [0.717, 1.165) is 16.1 Å². The molecule has 1 aliphatic rings. The van der Waals surface area contributed by atoms with Gasteiger partial charge in [0.05, 0.1) is 18.6 Å². The molecule has 0 aromatic carbocycles. The van der Waals surface area contributed by atoms with Crippen molar-refractivity contribution in [2.24, 2.45) is 0 Å². The van der Waals surface area contributed by atoms with Crippen LogP contribution in [-0.4, -0.2) is 43.4 Å². The Kier molecular flexibility index (Phi) is 4.96. The van der Waals surface area contributed by atoms with E-state index >= 15 is 0 Å². The molecule has 6 nitrogen and oxygen atoms in total. The van der Waals surface area contributed by atoms with Crippen molar-refractivity contribution < 1.29 is 14.3 Å². The van der Waals surface area contributed by atoms with E-state index in [0.29, 0.717) is 0 Å². The molecule has 0 spiro atoms. The van der Waals surface area contributed by atoms with Crippen LogP contribution in [0.25, 0.3) is 4.83 Å². The van der Waals surface area contributed by atoms with Gasteiger partial charge in [0.25, 0.3) is 0 Å². The molecule has 0 saturated carbocycles. The fraction of sp³-hybridized carbons (Fsp3) is 0.438. The van der Waals surface area contributed by atoms with Crippen molar-refractivity contribution in [3.8, 4) is 0 Å². The zero-order chi connectivity index (χ0) is 17.3. The van der Waals surface area contributed by atoms with E-state index in [1.165, 1.54) is 11.8 Å².